The molecule has 105 heavy (non-hydrogen) atoms. The normalized spacial score (nSPS) is 25.7. The van der Waals surface area contributed by atoms with Gasteiger partial charge in [-0.2, -0.15) is 11.8 Å². The lowest BCUT2D eigenvalue weighted by Crippen LogP contribution is -2.64. The third-order valence-corrected chi connectivity index (χ3v) is 18.3. The summed E-state index contributed by atoms with van der Waals surface area (Å²) in [7, 11) is 0. The van der Waals surface area contributed by atoms with Crippen LogP contribution in [0.3, 0.4) is 0 Å². The van der Waals surface area contributed by atoms with Crippen molar-refractivity contribution < 1.29 is 77.6 Å². The first-order valence-corrected chi connectivity index (χ1v) is 37.0. The lowest BCUT2D eigenvalue weighted by Gasteiger charge is -2.32. The molecule has 2 aromatic rings. The molecule has 0 aliphatic carbocycles. The first-order chi connectivity index (χ1) is 49.3. The molecule has 0 saturated carbocycles. The number of hydrogen-bond donors (Lipinski definition) is 18. The standard InChI is InChI=1S/C72H114N16O16S/c1-17-40(13)56-69(102)88-57(41(14)89)70(103)85-55(39(11)12)67(100)84-54(38(9)10)66(99)83-52(36(5)6)65(98)80-50(33-43-23-20-19-21-24-43)63(96)82-51(35(3)4)64(97)76-46(18-2)59(92)77-47(25-22-31-75-72(73)74)60(93)79-49(34-44-26-28-45(91)29-27-44)62(95)78-48(30-32-105-16)61(94)81-53(37(7)8)68(101)87-58(42(15)90)71(104)86-56/h18-21,23-24,26-29,35-42,47-58,89-91H,17,22,25,30-34H2,1-16H3,(H,76,97)(H,77,92)(H,78,95)(H,79,93)(H,80,98)(H,81,94)(H,82,96)(H,83,99)(H,84,100)(H,85,103)(H,86,104)(H,87,101)(H,88,102)(H4,73,74,75)/b46-18-/t40-,41-,42+,47-,48-,49-,50-,51-,52-,53-,54-,55+,56-,57-,58+/m0/s1. The Morgan fingerprint density at radius 1 is 0.438 bits per heavy atom. The van der Waals surface area contributed by atoms with Crippen LogP contribution in [0.15, 0.2) is 71.4 Å². The second-order valence-electron chi connectivity index (χ2n) is 28.2. The summed E-state index contributed by atoms with van der Waals surface area (Å²) in [4.78, 5) is 193. The zero-order valence-corrected chi connectivity index (χ0v) is 64.0. The van der Waals surface area contributed by atoms with E-state index in [-0.39, 0.29) is 68.2 Å². The predicted octanol–water partition coefficient (Wildman–Crippen LogP) is -1.08. The second kappa shape index (κ2) is 43.8. The summed E-state index contributed by atoms with van der Waals surface area (Å²) in [6.45, 7) is 23.1. The molecule has 1 fully saturated rings. The third kappa shape index (κ3) is 28.9. The molecule has 33 heteroatoms. The molecule has 32 nitrogen and oxygen atoms in total. The zero-order valence-electron chi connectivity index (χ0n) is 63.1. The van der Waals surface area contributed by atoms with Gasteiger partial charge in [0.2, 0.25) is 70.9 Å². The average molecular weight is 1490 g/mol. The van der Waals surface area contributed by atoms with E-state index in [9.17, 15) is 77.6 Å². The Balaban J connectivity index is 2.32. The van der Waals surface area contributed by atoms with Crippen molar-refractivity contribution in [2.24, 2.45) is 52.0 Å². The highest BCUT2D eigenvalue weighted by Crippen LogP contribution is 2.18. The number of hydrogen-bond acceptors (Lipinski definition) is 18. The van der Waals surface area contributed by atoms with Crippen molar-refractivity contribution in [3.8, 4) is 5.75 Å². The number of aliphatic hydroxyl groups is 2. The molecule has 3 rings (SSSR count). The number of guanidine groups is 1. The van der Waals surface area contributed by atoms with Crippen molar-refractivity contribution in [3.05, 3.63) is 77.5 Å². The number of benzene rings is 2. The van der Waals surface area contributed by atoms with Crippen LogP contribution in [0.5, 0.6) is 5.75 Å². The molecule has 0 unspecified atom stereocenters. The highest BCUT2D eigenvalue weighted by atomic mass is 32.2. The van der Waals surface area contributed by atoms with Gasteiger partial charge in [0.05, 0.1) is 12.2 Å². The van der Waals surface area contributed by atoms with E-state index in [1.54, 1.807) is 120 Å². The summed E-state index contributed by atoms with van der Waals surface area (Å²) < 4.78 is 0. The first kappa shape index (κ1) is 89.8. The number of aliphatic imine (C=N–C) groups is 1. The molecule has 584 valence electrons. The topological polar surface area (TPSA) is 503 Å². The Morgan fingerprint density at radius 3 is 1.18 bits per heavy atom. The predicted molar refractivity (Wildman–Crippen MR) is 397 cm³/mol. The van der Waals surface area contributed by atoms with Crippen molar-refractivity contribution in [2.75, 3.05) is 18.6 Å². The molecule has 0 radical (unpaired) electrons. The van der Waals surface area contributed by atoms with Gasteiger partial charge in [-0.3, -0.25) is 67.3 Å². The number of rotatable bonds is 20. The van der Waals surface area contributed by atoms with Crippen molar-refractivity contribution in [3.63, 3.8) is 0 Å². The number of phenolic OH excluding ortho intramolecular Hbond substituents is 1. The van der Waals surface area contributed by atoms with Gasteiger partial charge >= 0.3 is 0 Å². The zero-order chi connectivity index (χ0) is 79.3. The molecule has 1 aliphatic rings. The van der Waals surface area contributed by atoms with Crippen molar-refractivity contribution >= 4 is 94.5 Å². The van der Waals surface area contributed by atoms with Crippen LogP contribution >= 0.6 is 11.8 Å². The number of aromatic hydroxyl groups is 1. The number of nitrogens with one attached hydrogen (secondary N) is 13. The Labute approximate surface area is 619 Å². The van der Waals surface area contributed by atoms with Crippen molar-refractivity contribution in [2.45, 2.75) is 227 Å². The maximum Gasteiger partial charge on any atom is 0.268 e. The van der Waals surface area contributed by atoms with Gasteiger partial charge in [-0.15, -0.1) is 0 Å². The smallest absolute Gasteiger partial charge is 0.268 e. The summed E-state index contributed by atoms with van der Waals surface area (Å²) in [5.41, 5.74) is 11.8. The number of carbonyl (C=O) groups excluding carboxylic acids is 13. The molecule has 1 saturated heterocycles. The van der Waals surface area contributed by atoms with E-state index in [1.807, 2.05) is 0 Å². The molecule has 1 heterocycles. The number of nitrogens with zero attached hydrogens (tertiary/aromatic N) is 1. The van der Waals surface area contributed by atoms with Gasteiger partial charge in [0, 0.05) is 19.4 Å². The second-order valence-corrected chi connectivity index (χ2v) is 29.2. The van der Waals surface area contributed by atoms with E-state index < -0.39 is 197 Å². The fraction of sp³-hybridized carbons (Fsp3) is 0.611. The van der Waals surface area contributed by atoms with Crippen LogP contribution in [-0.4, -0.2) is 201 Å². The lowest BCUT2D eigenvalue weighted by molar-refractivity contribution is -0.139. The summed E-state index contributed by atoms with van der Waals surface area (Å²) >= 11 is 1.32. The number of nitrogens with two attached hydrogens (primary N) is 2. The Hall–Kier alpha value is -9.37. The van der Waals surface area contributed by atoms with Crippen molar-refractivity contribution in [1.82, 2.24) is 69.1 Å². The van der Waals surface area contributed by atoms with Gasteiger partial charge in [0.25, 0.3) is 5.91 Å². The van der Waals surface area contributed by atoms with Gasteiger partial charge < -0.3 is 95.9 Å². The molecule has 0 spiro atoms. The van der Waals surface area contributed by atoms with Crippen molar-refractivity contribution in [1.29, 1.82) is 0 Å². The van der Waals surface area contributed by atoms with Crippen LogP contribution in [0.4, 0.5) is 0 Å². The summed E-state index contributed by atoms with van der Waals surface area (Å²) in [5.74, 6) is -16.4. The summed E-state index contributed by atoms with van der Waals surface area (Å²) in [5, 5.41) is 66.6. The van der Waals surface area contributed by atoms with Crippen LogP contribution in [0.1, 0.15) is 141 Å². The Morgan fingerprint density at radius 2 is 0.771 bits per heavy atom. The largest absolute Gasteiger partial charge is 0.508 e. The van der Waals surface area contributed by atoms with Crippen LogP contribution in [0.2, 0.25) is 0 Å². The molecule has 2 aromatic carbocycles. The van der Waals surface area contributed by atoms with E-state index in [4.69, 9.17) is 11.5 Å². The van der Waals surface area contributed by atoms with Gasteiger partial charge in [-0.05, 0) is 111 Å². The molecule has 0 bridgehead atoms. The SMILES string of the molecule is C/C=C1\NC(=O)[C@H](C(C)C)NC(=O)[C@H](Cc2ccccc2)NC(=O)[C@H](C(C)C)NC(=O)[C@H](C(C)C)NC(=O)[C@@H](C(C)C)NC(=O)[C@H]([C@H](C)O)NC(=O)[C@H]([C@@H](C)CC)NC(=O)[C@@H]([C@@H](C)O)NC(=O)[C@H](C(C)C)NC(=O)[C@H](CCSC)NC(=O)[C@H](Cc2ccc(O)cc2)NC(=O)[C@H](CCCN=C(N)N)NC1=O. The minimum Gasteiger partial charge on any atom is -0.508 e. The van der Waals surface area contributed by atoms with Gasteiger partial charge in [-0.25, -0.2) is 0 Å². The quantitative estimate of drug-likeness (QED) is 0.0325. The number of phenols is 1. The maximum absolute atomic E-state index is 14.8. The number of amides is 13. The molecule has 20 N–H and O–H groups in total. The van der Waals surface area contributed by atoms with Crippen LogP contribution in [0, 0.1) is 35.5 Å². The van der Waals surface area contributed by atoms with E-state index in [0.29, 0.717) is 11.1 Å². The summed E-state index contributed by atoms with van der Waals surface area (Å²) in [6.07, 6.45) is -0.609. The first-order valence-electron chi connectivity index (χ1n) is 35.6. The van der Waals surface area contributed by atoms with Gasteiger partial charge in [-0.1, -0.05) is 138 Å². The minimum absolute atomic E-state index is 0.0297. The minimum atomic E-state index is -1.80. The highest BCUT2D eigenvalue weighted by molar-refractivity contribution is 7.98. The third-order valence-electron chi connectivity index (χ3n) is 17.7. The average Bonchev–Trinajstić information content (AvgIpc) is 0.840. The number of carbonyl (C=O) groups is 13. The fourth-order valence-corrected chi connectivity index (χ4v) is 11.6. The summed E-state index contributed by atoms with van der Waals surface area (Å²) in [6, 6.07) is -3.74. The molecule has 13 amide bonds. The van der Waals surface area contributed by atoms with Crippen LogP contribution < -0.4 is 80.6 Å². The molecule has 1 aliphatic heterocycles. The van der Waals surface area contributed by atoms with E-state index in [0.717, 1.165) is 0 Å². The number of aliphatic hydroxyl groups excluding tert-OH is 2. The molecule has 15 atom stereocenters. The van der Waals surface area contributed by atoms with Gasteiger partial charge in [0.1, 0.15) is 83.9 Å². The van der Waals surface area contributed by atoms with Crippen LogP contribution in [0.25, 0.3) is 0 Å². The van der Waals surface area contributed by atoms with E-state index in [2.05, 4.69) is 74.1 Å². The number of allylic oxidation sites excluding steroid dienone is 1. The van der Waals surface area contributed by atoms with Crippen LogP contribution in [-0.2, 0) is 75.2 Å². The fourth-order valence-electron chi connectivity index (χ4n) is 11.1. The van der Waals surface area contributed by atoms with Gasteiger partial charge in [0.15, 0.2) is 5.96 Å². The highest BCUT2D eigenvalue weighted by Gasteiger charge is 2.41. The molecular formula is C72H114N16O16S. The Bertz CT molecular complexity index is 3350. The molecular weight excluding hydrogens is 1380 g/mol. The monoisotopic (exact) mass is 1490 g/mol. The maximum atomic E-state index is 14.8. The Kier molecular flexibility index (Phi) is 37.5. The van der Waals surface area contributed by atoms with E-state index >= 15 is 0 Å². The lowest BCUT2D eigenvalue weighted by atomic mass is 9.96. The van der Waals surface area contributed by atoms with E-state index in [1.165, 1.54) is 62.9 Å². The molecule has 0 aromatic heterocycles. The number of thioether (sulfide) groups is 1.